The number of nitrogens with zero attached hydrogens (tertiary/aromatic N) is 3. The van der Waals surface area contributed by atoms with Crippen molar-refractivity contribution < 1.29 is 18.3 Å². The summed E-state index contributed by atoms with van der Waals surface area (Å²) in [7, 11) is 1.42. The molecule has 3 aromatic rings. The Kier molecular flexibility index (Phi) is 5.66. The molecule has 0 bridgehead atoms. The van der Waals surface area contributed by atoms with Crippen LogP contribution < -0.4 is 10.1 Å². The molecule has 0 atom stereocenters. The van der Waals surface area contributed by atoms with Gasteiger partial charge in [-0.1, -0.05) is 23.7 Å². The van der Waals surface area contributed by atoms with Gasteiger partial charge in [0, 0.05) is 41.2 Å². The van der Waals surface area contributed by atoms with E-state index in [0.29, 0.717) is 33.1 Å². The topological polar surface area (TPSA) is 69.0 Å². The Hall–Kier alpha value is -3.00. The molecule has 0 spiro atoms. The average Bonchev–Trinajstić information content (AvgIpc) is 3.17. The van der Waals surface area contributed by atoms with Gasteiger partial charge in [0.1, 0.15) is 11.4 Å². The van der Waals surface area contributed by atoms with Gasteiger partial charge in [0.05, 0.1) is 13.3 Å². The number of hydrogen-bond donors (Lipinski definition) is 1. The minimum absolute atomic E-state index is 0.144. The van der Waals surface area contributed by atoms with E-state index in [0.717, 1.165) is 5.56 Å². The van der Waals surface area contributed by atoms with Gasteiger partial charge in [0.25, 0.3) is 5.91 Å². The Balaban J connectivity index is 1.76. The van der Waals surface area contributed by atoms with E-state index in [-0.39, 0.29) is 5.69 Å². The lowest BCUT2D eigenvalue weighted by atomic mass is 10.1. The van der Waals surface area contributed by atoms with Crippen molar-refractivity contribution >= 4 is 17.5 Å². The van der Waals surface area contributed by atoms with E-state index in [1.807, 2.05) is 0 Å². The standard InChI is InChI=1S/C18H15ClF2N4O2/c1-27-16-6-15(17(26)23-7-11-2-4-13(19)5-3-11)22-9-14(16)12-8-24-25(10-12)18(20)21/h2-6,8-10,18H,7H2,1H3,(H,23,26). The zero-order valence-electron chi connectivity index (χ0n) is 14.2. The molecular weight excluding hydrogens is 378 g/mol. The molecule has 0 fully saturated rings. The summed E-state index contributed by atoms with van der Waals surface area (Å²) >= 11 is 5.83. The van der Waals surface area contributed by atoms with Crippen molar-refractivity contribution in [2.24, 2.45) is 0 Å². The molecule has 0 saturated carbocycles. The second kappa shape index (κ2) is 8.13. The molecule has 0 aliphatic heterocycles. The van der Waals surface area contributed by atoms with Crippen molar-refractivity contribution in [3.05, 3.63) is 65.2 Å². The molecule has 1 aromatic carbocycles. The highest BCUT2D eigenvalue weighted by Crippen LogP contribution is 2.30. The number of hydrogen-bond acceptors (Lipinski definition) is 4. The first-order chi connectivity index (χ1) is 13.0. The number of pyridine rings is 1. The molecule has 0 unspecified atom stereocenters. The fourth-order valence-electron chi connectivity index (χ4n) is 2.41. The first-order valence-corrected chi connectivity index (χ1v) is 8.25. The van der Waals surface area contributed by atoms with E-state index in [9.17, 15) is 13.6 Å². The van der Waals surface area contributed by atoms with Gasteiger partial charge < -0.3 is 10.1 Å². The summed E-state index contributed by atoms with van der Waals surface area (Å²) in [6.07, 6.45) is 3.86. The summed E-state index contributed by atoms with van der Waals surface area (Å²) < 4.78 is 31.2. The molecule has 6 nitrogen and oxygen atoms in total. The number of amides is 1. The lowest BCUT2D eigenvalue weighted by Gasteiger charge is -2.09. The third kappa shape index (κ3) is 4.40. The molecule has 0 radical (unpaired) electrons. The number of aromatic nitrogens is 3. The summed E-state index contributed by atoms with van der Waals surface area (Å²) in [5.74, 6) is -0.0615. The molecule has 2 heterocycles. The largest absolute Gasteiger partial charge is 0.496 e. The molecular formula is C18H15ClF2N4O2. The van der Waals surface area contributed by atoms with E-state index in [2.05, 4.69) is 15.4 Å². The number of benzene rings is 1. The lowest BCUT2D eigenvalue weighted by Crippen LogP contribution is -2.23. The smallest absolute Gasteiger partial charge is 0.333 e. The van der Waals surface area contributed by atoms with Gasteiger partial charge in [-0.25, -0.2) is 4.68 Å². The van der Waals surface area contributed by atoms with Crippen molar-refractivity contribution in [1.29, 1.82) is 0 Å². The second-order valence-electron chi connectivity index (χ2n) is 5.57. The van der Waals surface area contributed by atoms with Crippen LogP contribution in [0.3, 0.4) is 0 Å². The van der Waals surface area contributed by atoms with Crippen LogP contribution in [-0.4, -0.2) is 27.8 Å². The normalized spacial score (nSPS) is 10.9. The number of carbonyl (C=O) groups excluding carboxylic acids is 1. The minimum atomic E-state index is -2.74. The molecule has 140 valence electrons. The average molecular weight is 393 g/mol. The Labute approximate surface area is 158 Å². The second-order valence-corrected chi connectivity index (χ2v) is 6.00. The van der Waals surface area contributed by atoms with Crippen LogP contribution in [0.1, 0.15) is 22.6 Å². The van der Waals surface area contributed by atoms with Crippen LogP contribution in [0.4, 0.5) is 8.78 Å². The summed E-state index contributed by atoms with van der Waals surface area (Å²) in [4.78, 5) is 16.4. The zero-order chi connectivity index (χ0) is 19.4. The molecule has 0 aliphatic rings. The van der Waals surface area contributed by atoms with Crippen LogP contribution in [-0.2, 0) is 6.54 Å². The maximum Gasteiger partial charge on any atom is 0.333 e. The molecule has 3 rings (SSSR count). The minimum Gasteiger partial charge on any atom is -0.496 e. The molecule has 27 heavy (non-hydrogen) atoms. The molecule has 9 heteroatoms. The summed E-state index contributed by atoms with van der Waals surface area (Å²) in [6.45, 7) is -2.43. The number of alkyl halides is 2. The Morgan fingerprint density at radius 2 is 2.04 bits per heavy atom. The first-order valence-electron chi connectivity index (χ1n) is 7.87. The van der Waals surface area contributed by atoms with Gasteiger partial charge in [0.15, 0.2) is 0 Å². The molecule has 0 aliphatic carbocycles. The fraction of sp³-hybridized carbons (Fsp3) is 0.167. The Morgan fingerprint density at radius 3 is 2.67 bits per heavy atom. The van der Waals surface area contributed by atoms with Gasteiger partial charge in [-0.2, -0.15) is 13.9 Å². The monoisotopic (exact) mass is 392 g/mol. The molecule has 0 saturated heterocycles. The number of carbonyl (C=O) groups is 1. The van der Waals surface area contributed by atoms with E-state index in [4.69, 9.17) is 16.3 Å². The van der Waals surface area contributed by atoms with Crippen molar-refractivity contribution in [3.63, 3.8) is 0 Å². The predicted octanol–water partition coefficient (Wildman–Crippen LogP) is 3.93. The molecule has 2 aromatic heterocycles. The van der Waals surface area contributed by atoms with Gasteiger partial charge in [-0.15, -0.1) is 0 Å². The number of halogens is 3. The van der Waals surface area contributed by atoms with Crippen molar-refractivity contribution in [2.75, 3.05) is 7.11 Å². The highest BCUT2D eigenvalue weighted by Gasteiger charge is 2.16. The van der Waals surface area contributed by atoms with Crippen LogP contribution in [0.2, 0.25) is 5.02 Å². The van der Waals surface area contributed by atoms with Crippen LogP contribution in [0.25, 0.3) is 11.1 Å². The van der Waals surface area contributed by atoms with Crippen molar-refractivity contribution in [3.8, 4) is 16.9 Å². The van der Waals surface area contributed by atoms with Crippen LogP contribution in [0.5, 0.6) is 5.75 Å². The van der Waals surface area contributed by atoms with Crippen LogP contribution in [0.15, 0.2) is 48.9 Å². The number of nitrogens with one attached hydrogen (secondary N) is 1. The number of ether oxygens (including phenoxy) is 1. The number of rotatable bonds is 6. The van der Waals surface area contributed by atoms with Crippen molar-refractivity contribution in [1.82, 2.24) is 20.1 Å². The third-order valence-corrected chi connectivity index (χ3v) is 4.05. The third-order valence-electron chi connectivity index (χ3n) is 3.80. The summed E-state index contributed by atoms with van der Waals surface area (Å²) in [6, 6.07) is 8.53. The van der Waals surface area contributed by atoms with E-state index in [1.54, 1.807) is 24.3 Å². The van der Waals surface area contributed by atoms with E-state index in [1.165, 1.54) is 31.8 Å². The summed E-state index contributed by atoms with van der Waals surface area (Å²) in [5.41, 5.74) is 1.90. The zero-order valence-corrected chi connectivity index (χ0v) is 15.0. The van der Waals surface area contributed by atoms with E-state index >= 15 is 0 Å². The van der Waals surface area contributed by atoms with Gasteiger partial charge in [0.2, 0.25) is 0 Å². The van der Waals surface area contributed by atoms with Gasteiger partial charge >= 0.3 is 6.55 Å². The van der Waals surface area contributed by atoms with Gasteiger partial charge in [-0.3, -0.25) is 9.78 Å². The van der Waals surface area contributed by atoms with E-state index < -0.39 is 12.5 Å². The summed E-state index contributed by atoms with van der Waals surface area (Å²) in [5, 5.41) is 6.95. The molecule has 1 N–H and O–H groups in total. The highest BCUT2D eigenvalue weighted by atomic mass is 35.5. The quantitative estimate of drug-likeness (QED) is 0.690. The lowest BCUT2D eigenvalue weighted by molar-refractivity contribution is 0.0566. The maximum atomic E-state index is 12.7. The fourth-order valence-corrected chi connectivity index (χ4v) is 2.53. The van der Waals surface area contributed by atoms with Crippen LogP contribution >= 0.6 is 11.6 Å². The predicted molar refractivity (Wildman–Crippen MR) is 95.9 cm³/mol. The Morgan fingerprint density at radius 1 is 1.30 bits per heavy atom. The van der Waals surface area contributed by atoms with Gasteiger partial charge in [-0.05, 0) is 17.7 Å². The maximum absolute atomic E-state index is 12.7. The Bertz CT molecular complexity index is 945. The molecule has 1 amide bonds. The SMILES string of the molecule is COc1cc(C(=O)NCc2ccc(Cl)cc2)ncc1-c1cnn(C(F)F)c1. The van der Waals surface area contributed by atoms with Crippen molar-refractivity contribution in [2.45, 2.75) is 13.1 Å². The highest BCUT2D eigenvalue weighted by molar-refractivity contribution is 6.30. The number of methoxy groups -OCH3 is 1. The first kappa shape index (κ1) is 18.8. The van der Waals surface area contributed by atoms with Crippen LogP contribution in [0, 0.1) is 0 Å².